The highest BCUT2D eigenvalue weighted by atomic mass is 16.5. The van der Waals surface area contributed by atoms with Crippen molar-refractivity contribution in [1.82, 2.24) is 9.88 Å². The second kappa shape index (κ2) is 7.77. The summed E-state index contributed by atoms with van der Waals surface area (Å²) in [5.74, 6) is 0. The number of anilines is 1. The van der Waals surface area contributed by atoms with Crippen LogP contribution in [0.15, 0.2) is 48.8 Å². The molecule has 1 N–H and O–H groups in total. The minimum atomic E-state index is 0.234. The molecule has 24 heavy (non-hydrogen) atoms. The average Bonchev–Trinajstić information content (AvgIpc) is 2.55. The lowest BCUT2D eigenvalue weighted by Gasteiger charge is -2.35. The van der Waals surface area contributed by atoms with Crippen molar-refractivity contribution in [3.05, 3.63) is 59.9 Å². The first-order valence-corrected chi connectivity index (χ1v) is 8.73. The van der Waals surface area contributed by atoms with Crippen molar-refractivity contribution >= 4 is 5.69 Å². The largest absolute Gasteiger partial charge is 0.378 e. The molecule has 0 radical (unpaired) electrons. The van der Waals surface area contributed by atoms with Gasteiger partial charge in [-0.15, -0.1) is 0 Å². The summed E-state index contributed by atoms with van der Waals surface area (Å²) < 4.78 is 5.82. The van der Waals surface area contributed by atoms with Crippen LogP contribution in [-0.4, -0.2) is 35.2 Å². The van der Waals surface area contributed by atoms with Gasteiger partial charge >= 0.3 is 0 Å². The van der Waals surface area contributed by atoms with Crippen LogP contribution in [0.25, 0.3) is 0 Å². The van der Waals surface area contributed by atoms with E-state index in [9.17, 15) is 0 Å². The molecule has 4 nitrogen and oxygen atoms in total. The predicted molar refractivity (Wildman–Crippen MR) is 98.0 cm³/mol. The second-order valence-electron chi connectivity index (χ2n) is 6.80. The number of hydrogen-bond donors (Lipinski definition) is 1. The summed E-state index contributed by atoms with van der Waals surface area (Å²) in [4.78, 5) is 6.67. The van der Waals surface area contributed by atoms with E-state index in [-0.39, 0.29) is 6.04 Å². The van der Waals surface area contributed by atoms with Gasteiger partial charge in [0.25, 0.3) is 0 Å². The number of morpholine rings is 1. The third-order valence-electron chi connectivity index (χ3n) is 4.40. The van der Waals surface area contributed by atoms with Gasteiger partial charge in [-0.05, 0) is 50.1 Å². The van der Waals surface area contributed by atoms with Crippen molar-refractivity contribution in [1.29, 1.82) is 0 Å². The smallest absolute Gasteiger partial charge is 0.0678 e. The van der Waals surface area contributed by atoms with Gasteiger partial charge in [0.1, 0.15) is 0 Å². The fourth-order valence-corrected chi connectivity index (χ4v) is 3.40. The average molecular weight is 325 g/mol. The number of nitrogens with zero attached hydrogens (tertiary/aromatic N) is 2. The highest BCUT2D eigenvalue weighted by Gasteiger charge is 2.22. The van der Waals surface area contributed by atoms with Crippen molar-refractivity contribution in [3.8, 4) is 0 Å². The van der Waals surface area contributed by atoms with E-state index in [0.717, 1.165) is 25.3 Å². The van der Waals surface area contributed by atoms with Crippen molar-refractivity contribution in [2.24, 2.45) is 0 Å². The maximum absolute atomic E-state index is 5.82. The number of hydrogen-bond acceptors (Lipinski definition) is 4. The molecular formula is C20H27N3O. The topological polar surface area (TPSA) is 37.4 Å². The van der Waals surface area contributed by atoms with Gasteiger partial charge in [0.05, 0.1) is 18.2 Å². The van der Waals surface area contributed by atoms with Crippen LogP contribution >= 0.6 is 0 Å². The van der Waals surface area contributed by atoms with Crippen LogP contribution in [0, 0.1) is 0 Å². The molecule has 1 aliphatic rings. The lowest BCUT2D eigenvalue weighted by molar-refractivity contribution is -0.0704. The molecule has 2 heterocycles. The van der Waals surface area contributed by atoms with Crippen molar-refractivity contribution < 1.29 is 4.74 Å². The molecule has 3 atom stereocenters. The van der Waals surface area contributed by atoms with Gasteiger partial charge in [-0.2, -0.15) is 0 Å². The summed E-state index contributed by atoms with van der Waals surface area (Å²) in [5, 5.41) is 3.57. The molecule has 0 bridgehead atoms. The van der Waals surface area contributed by atoms with Crippen LogP contribution in [0.1, 0.15) is 37.9 Å². The van der Waals surface area contributed by atoms with Crippen molar-refractivity contribution in [2.45, 2.75) is 45.6 Å². The summed E-state index contributed by atoms with van der Waals surface area (Å²) >= 11 is 0. The molecule has 4 heteroatoms. The van der Waals surface area contributed by atoms with Gasteiger partial charge < -0.3 is 10.1 Å². The number of nitrogens with one attached hydrogen (secondary N) is 1. The van der Waals surface area contributed by atoms with Crippen LogP contribution in [-0.2, 0) is 11.3 Å². The quantitative estimate of drug-likeness (QED) is 0.906. The molecule has 0 aliphatic carbocycles. The number of aromatic nitrogens is 1. The number of pyridine rings is 1. The minimum Gasteiger partial charge on any atom is -0.378 e. The fraction of sp³-hybridized carbons (Fsp3) is 0.450. The Morgan fingerprint density at radius 3 is 2.71 bits per heavy atom. The fourth-order valence-electron chi connectivity index (χ4n) is 3.40. The van der Waals surface area contributed by atoms with Crippen LogP contribution in [0.2, 0.25) is 0 Å². The van der Waals surface area contributed by atoms with E-state index in [4.69, 9.17) is 4.74 Å². The SMILES string of the molecule is C[C@@H]1CN(Cc2cccc(N[C@H](C)c3cccnc3)c2)C[C@H](C)O1. The van der Waals surface area contributed by atoms with Crippen LogP contribution in [0.4, 0.5) is 5.69 Å². The molecule has 0 spiro atoms. The van der Waals surface area contributed by atoms with E-state index in [2.05, 4.69) is 66.3 Å². The van der Waals surface area contributed by atoms with E-state index < -0.39 is 0 Å². The first-order chi connectivity index (χ1) is 11.6. The Hall–Kier alpha value is -1.91. The van der Waals surface area contributed by atoms with Gasteiger partial charge in [-0.3, -0.25) is 9.88 Å². The lowest BCUT2D eigenvalue weighted by atomic mass is 10.1. The van der Waals surface area contributed by atoms with Crippen LogP contribution in [0.5, 0.6) is 0 Å². The number of benzene rings is 1. The standard InChI is InChI=1S/C20H27N3O/c1-15-12-23(13-16(2)24-15)14-18-6-4-8-20(10-18)22-17(3)19-7-5-9-21-11-19/h4-11,15-17,22H,12-14H2,1-3H3/t15-,16+,17-/m1/s1. The summed E-state index contributed by atoms with van der Waals surface area (Å²) in [5.41, 5.74) is 3.68. The monoisotopic (exact) mass is 325 g/mol. The Morgan fingerprint density at radius 1 is 1.21 bits per heavy atom. The van der Waals surface area contributed by atoms with E-state index in [1.165, 1.54) is 11.1 Å². The zero-order chi connectivity index (χ0) is 16.9. The summed E-state index contributed by atoms with van der Waals surface area (Å²) in [6, 6.07) is 13.0. The zero-order valence-electron chi connectivity index (χ0n) is 14.8. The molecule has 1 saturated heterocycles. The van der Waals surface area contributed by atoms with E-state index in [1.807, 2.05) is 12.3 Å². The van der Waals surface area contributed by atoms with Gasteiger partial charge in [-0.1, -0.05) is 18.2 Å². The van der Waals surface area contributed by atoms with Crippen molar-refractivity contribution in [2.75, 3.05) is 18.4 Å². The summed E-state index contributed by atoms with van der Waals surface area (Å²) in [6.07, 6.45) is 4.33. The van der Waals surface area contributed by atoms with E-state index in [1.54, 1.807) is 6.20 Å². The molecule has 0 saturated carbocycles. The minimum absolute atomic E-state index is 0.234. The molecule has 0 unspecified atom stereocenters. The molecule has 2 aromatic rings. The first kappa shape index (κ1) is 16.9. The van der Waals surface area contributed by atoms with E-state index >= 15 is 0 Å². The highest BCUT2D eigenvalue weighted by Crippen LogP contribution is 2.21. The Labute approximate surface area is 144 Å². The summed E-state index contributed by atoms with van der Waals surface area (Å²) in [7, 11) is 0. The normalized spacial score (nSPS) is 23.0. The third kappa shape index (κ3) is 4.56. The van der Waals surface area contributed by atoms with Crippen LogP contribution < -0.4 is 5.32 Å². The molecule has 1 aromatic carbocycles. The maximum atomic E-state index is 5.82. The molecule has 1 fully saturated rings. The van der Waals surface area contributed by atoms with Gasteiger partial charge in [0.2, 0.25) is 0 Å². The van der Waals surface area contributed by atoms with Gasteiger partial charge in [-0.25, -0.2) is 0 Å². The summed E-state index contributed by atoms with van der Waals surface area (Å²) in [6.45, 7) is 9.42. The first-order valence-electron chi connectivity index (χ1n) is 8.73. The number of rotatable bonds is 5. The van der Waals surface area contributed by atoms with E-state index in [0.29, 0.717) is 12.2 Å². The predicted octanol–water partition coefficient (Wildman–Crippen LogP) is 3.86. The Balaban J connectivity index is 1.64. The molecule has 0 amide bonds. The number of ether oxygens (including phenoxy) is 1. The lowest BCUT2D eigenvalue weighted by Crippen LogP contribution is -2.44. The third-order valence-corrected chi connectivity index (χ3v) is 4.40. The zero-order valence-corrected chi connectivity index (χ0v) is 14.8. The van der Waals surface area contributed by atoms with Gasteiger partial charge in [0.15, 0.2) is 0 Å². The van der Waals surface area contributed by atoms with Gasteiger partial charge in [0, 0.05) is 37.7 Å². The maximum Gasteiger partial charge on any atom is 0.0678 e. The molecule has 3 rings (SSSR count). The second-order valence-corrected chi connectivity index (χ2v) is 6.80. The Morgan fingerprint density at radius 2 is 2.00 bits per heavy atom. The highest BCUT2D eigenvalue weighted by molar-refractivity contribution is 5.47. The van der Waals surface area contributed by atoms with Crippen molar-refractivity contribution in [3.63, 3.8) is 0 Å². The van der Waals surface area contributed by atoms with Crippen LogP contribution in [0.3, 0.4) is 0 Å². The Kier molecular flexibility index (Phi) is 5.48. The Bertz CT molecular complexity index is 636. The molecule has 128 valence electrons. The molecular weight excluding hydrogens is 298 g/mol. The molecule has 1 aromatic heterocycles. The molecule has 1 aliphatic heterocycles.